The number of hydrogen-bond acceptors (Lipinski definition) is 3. The standard InChI is InChI=1S/C12H10Cl2N2O/c1-7-3-4-10(17-2)8(5-7)9-6-11(13)16-12(14)15-9/h3-6H,1-2H3. The van der Waals surface area contributed by atoms with Crippen LogP contribution in [0.3, 0.4) is 0 Å². The molecule has 88 valence electrons. The highest BCUT2D eigenvalue weighted by atomic mass is 35.5. The third kappa shape index (κ3) is 2.68. The molecule has 0 saturated carbocycles. The Kier molecular flexibility index (Phi) is 3.50. The molecule has 1 heterocycles. The molecule has 0 amide bonds. The number of benzene rings is 1. The average molecular weight is 269 g/mol. The molecule has 0 bridgehead atoms. The smallest absolute Gasteiger partial charge is 0.224 e. The largest absolute Gasteiger partial charge is 0.496 e. The second kappa shape index (κ2) is 4.90. The van der Waals surface area contributed by atoms with Crippen molar-refractivity contribution in [1.82, 2.24) is 9.97 Å². The molecule has 2 aromatic rings. The van der Waals surface area contributed by atoms with E-state index in [0.717, 1.165) is 16.9 Å². The molecule has 1 aromatic heterocycles. The lowest BCUT2D eigenvalue weighted by atomic mass is 10.1. The molecule has 0 aliphatic heterocycles. The molecule has 0 aliphatic rings. The number of methoxy groups -OCH3 is 1. The van der Waals surface area contributed by atoms with E-state index in [0.29, 0.717) is 10.8 Å². The molecule has 0 atom stereocenters. The zero-order valence-corrected chi connectivity index (χ0v) is 10.9. The maximum atomic E-state index is 5.86. The van der Waals surface area contributed by atoms with Crippen LogP contribution in [-0.4, -0.2) is 17.1 Å². The van der Waals surface area contributed by atoms with Gasteiger partial charge in [0.1, 0.15) is 10.9 Å². The summed E-state index contributed by atoms with van der Waals surface area (Å²) in [6.07, 6.45) is 0. The van der Waals surface area contributed by atoms with E-state index in [1.165, 1.54) is 0 Å². The first-order chi connectivity index (χ1) is 8.10. The zero-order valence-electron chi connectivity index (χ0n) is 9.37. The van der Waals surface area contributed by atoms with Crippen LogP contribution < -0.4 is 4.74 Å². The van der Waals surface area contributed by atoms with Crippen LogP contribution in [0.5, 0.6) is 5.75 Å². The van der Waals surface area contributed by atoms with Crippen LogP contribution in [-0.2, 0) is 0 Å². The van der Waals surface area contributed by atoms with Crippen LogP contribution in [0.15, 0.2) is 24.3 Å². The summed E-state index contributed by atoms with van der Waals surface area (Å²) in [5.41, 5.74) is 2.60. The van der Waals surface area contributed by atoms with Crippen molar-refractivity contribution in [2.24, 2.45) is 0 Å². The minimum atomic E-state index is 0.121. The number of rotatable bonds is 2. The quantitative estimate of drug-likeness (QED) is 0.615. The topological polar surface area (TPSA) is 35.0 Å². The maximum Gasteiger partial charge on any atom is 0.224 e. The Morgan fingerprint density at radius 1 is 1.12 bits per heavy atom. The number of halogens is 2. The average Bonchev–Trinajstić information content (AvgIpc) is 2.27. The summed E-state index contributed by atoms with van der Waals surface area (Å²) in [7, 11) is 1.61. The van der Waals surface area contributed by atoms with Crippen LogP contribution in [0, 0.1) is 6.92 Å². The molecule has 0 radical (unpaired) electrons. The van der Waals surface area contributed by atoms with Gasteiger partial charge in [0.15, 0.2) is 0 Å². The number of nitrogens with zero attached hydrogens (tertiary/aromatic N) is 2. The normalized spacial score (nSPS) is 10.4. The first kappa shape index (κ1) is 12.1. The summed E-state index contributed by atoms with van der Waals surface area (Å²) in [4.78, 5) is 7.96. The highest BCUT2D eigenvalue weighted by Crippen LogP contribution is 2.31. The number of hydrogen-bond donors (Lipinski definition) is 0. The minimum absolute atomic E-state index is 0.121. The molecule has 17 heavy (non-hydrogen) atoms. The van der Waals surface area contributed by atoms with Gasteiger partial charge in [0.05, 0.1) is 12.8 Å². The summed E-state index contributed by atoms with van der Waals surface area (Å²) in [5.74, 6) is 0.724. The van der Waals surface area contributed by atoms with Crippen molar-refractivity contribution in [3.63, 3.8) is 0 Å². The Morgan fingerprint density at radius 2 is 1.88 bits per heavy atom. The van der Waals surface area contributed by atoms with Crippen molar-refractivity contribution in [3.8, 4) is 17.0 Å². The molecule has 0 aliphatic carbocycles. The van der Waals surface area contributed by atoms with Crippen molar-refractivity contribution in [2.75, 3.05) is 7.11 Å². The molecule has 0 N–H and O–H groups in total. The Hall–Kier alpha value is -1.32. The molecule has 0 fully saturated rings. The molecule has 1 aromatic carbocycles. The van der Waals surface area contributed by atoms with E-state index in [1.54, 1.807) is 13.2 Å². The van der Waals surface area contributed by atoms with Crippen LogP contribution in [0.1, 0.15) is 5.56 Å². The second-order valence-corrected chi connectivity index (χ2v) is 4.27. The van der Waals surface area contributed by atoms with Gasteiger partial charge in [-0.3, -0.25) is 0 Å². The molecule has 5 heteroatoms. The van der Waals surface area contributed by atoms with Gasteiger partial charge in [-0.1, -0.05) is 23.2 Å². The summed E-state index contributed by atoms with van der Waals surface area (Å²) in [6.45, 7) is 1.99. The number of ether oxygens (including phenoxy) is 1. The van der Waals surface area contributed by atoms with E-state index in [2.05, 4.69) is 9.97 Å². The molecule has 2 rings (SSSR count). The fraction of sp³-hybridized carbons (Fsp3) is 0.167. The van der Waals surface area contributed by atoms with Crippen LogP contribution >= 0.6 is 23.2 Å². The molecular formula is C12H10Cl2N2O. The molecule has 0 unspecified atom stereocenters. The second-order valence-electron chi connectivity index (χ2n) is 3.55. The van der Waals surface area contributed by atoms with Crippen LogP contribution in [0.4, 0.5) is 0 Å². The highest BCUT2D eigenvalue weighted by molar-refractivity contribution is 6.32. The van der Waals surface area contributed by atoms with Crippen molar-refractivity contribution in [1.29, 1.82) is 0 Å². The summed E-state index contributed by atoms with van der Waals surface area (Å²) >= 11 is 11.6. The van der Waals surface area contributed by atoms with E-state index in [-0.39, 0.29) is 5.28 Å². The third-order valence-electron chi connectivity index (χ3n) is 2.30. The Balaban J connectivity index is 2.62. The summed E-state index contributed by atoms with van der Waals surface area (Å²) in [5, 5.41) is 0.430. The minimum Gasteiger partial charge on any atom is -0.496 e. The van der Waals surface area contributed by atoms with Crippen molar-refractivity contribution >= 4 is 23.2 Å². The Bertz CT molecular complexity index is 538. The number of aryl methyl sites for hydroxylation is 1. The summed E-state index contributed by atoms with van der Waals surface area (Å²) in [6, 6.07) is 7.47. The first-order valence-corrected chi connectivity index (χ1v) is 5.71. The van der Waals surface area contributed by atoms with E-state index in [4.69, 9.17) is 27.9 Å². The lowest BCUT2D eigenvalue weighted by molar-refractivity contribution is 0.416. The van der Waals surface area contributed by atoms with Crippen molar-refractivity contribution in [3.05, 3.63) is 40.3 Å². The van der Waals surface area contributed by atoms with Gasteiger partial charge < -0.3 is 4.74 Å². The van der Waals surface area contributed by atoms with Crippen molar-refractivity contribution in [2.45, 2.75) is 6.92 Å². The SMILES string of the molecule is COc1ccc(C)cc1-c1cc(Cl)nc(Cl)n1. The van der Waals surface area contributed by atoms with Gasteiger partial charge in [-0.15, -0.1) is 0 Å². The highest BCUT2D eigenvalue weighted by Gasteiger charge is 2.10. The predicted molar refractivity (Wildman–Crippen MR) is 68.8 cm³/mol. The van der Waals surface area contributed by atoms with Crippen molar-refractivity contribution < 1.29 is 4.74 Å². The molecule has 3 nitrogen and oxygen atoms in total. The van der Waals surface area contributed by atoms with E-state index in [1.807, 2.05) is 25.1 Å². The monoisotopic (exact) mass is 268 g/mol. The predicted octanol–water partition coefficient (Wildman–Crippen LogP) is 3.77. The third-order valence-corrected chi connectivity index (χ3v) is 2.66. The molecule has 0 saturated heterocycles. The maximum absolute atomic E-state index is 5.86. The zero-order chi connectivity index (χ0) is 12.4. The fourth-order valence-corrected chi connectivity index (χ4v) is 1.96. The summed E-state index contributed by atoms with van der Waals surface area (Å²) < 4.78 is 5.29. The van der Waals surface area contributed by atoms with Gasteiger partial charge in [-0.25, -0.2) is 9.97 Å². The van der Waals surface area contributed by atoms with Crippen LogP contribution in [0.2, 0.25) is 10.4 Å². The molecular weight excluding hydrogens is 259 g/mol. The number of aromatic nitrogens is 2. The Labute approximate surface area is 109 Å². The lowest BCUT2D eigenvalue weighted by Crippen LogP contribution is -1.93. The van der Waals surface area contributed by atoms with Gasteiger partial charge in [-0.2, -0.15) is 0 Å². The van der Waals surface area contributed by atoms with E-state index in [9.17, 15) is 0 Å². The van der Waals surface area contributed by atoms with Gasteiger partial charge in [0.25, 0.3) is 0 Å². The van der Waals surface area contributed by atoms with E-state index < -0.39 is 0 Å². The first-order valence-electron chi connectivity index (χ1n) is 4.95. The van der Waals surface area contributed by atoms with Crippen LogP contribution in [0.25, 0.3) is 11.3 Å². The lowest BCUT2D eigenvalue weighted by Gasteiger charge is -2.09. The van der Waals surface area contributed by atoms with Gasteiger partial charge in [-0.05, 0) is 30.7 Å². The molecule has 0 spiro atoms. The van der Waals surface area contributed by atoms with E-state index >= 15 is 0 Å². The Morgan fingerprint density at radius 3 is 2.53 bits per heavy atom. The van der Waals surface area contributed by atoms with Gasteiger partial charge in [0, 0.05) is 11.6 Å². The fourth-order valence-electron chi connectivity index (χ4n) is 1.55. The van der Waals surface area contributed by atoms with Gasteiger partial charge in [0.2, 0.25) is 5.28 Å². The van der Waals surface area contributed by atoms with Gasteiger partial charge >= 0.3 is 0 Å².